The first kappa shape index (κ1) is 19.6. The van der Waals surface area contributed by atoms with Crippen molar-refractivity contribution in [2.24, 2.45) is 0 Å². The van der Waals surface area contributed by atoms with E-state index >= 15 is 0 Å². The lowest BCUT2D eigenvalue weighted by Gasteiger charge is -2.08. The van der Waals surface area contributed by atoms with Crippen LogP contribution in [0.2, 0.25) is 0 Å². The van der Waals surface area contributed by atoms with Gasteiger partial charge in [-0.25, -0.2) is 4.39 Å². The van der Waals surface area contributed by atoms with Crippen molar-refractivity contribution in [3.63, 3.8) is 0 Å². The van der Waals surface area contributed by atoms with E-state index in [-0.39, 0.29) is 5.56 Å². The fourth-order valence-electron chi connectivity index (χ4n) is 2.01. The summed E-state index contributed by atoms with van der Waals surface area (Å²) in [5.74, 6) is -2.10. The van der Waals surface area contributed by atoms with Crippen molar-refractivity contribution in [2.45, 2.75) is 0 Å². The lowest BCUT2D eigenvalue weighted by atomic mass is 10.1. The molecule has 2 aromatic rings. The molecule has 0 aliphatic rings. The normalized spacial score (nSPS) is 10.1. The zero-order chi connectivity index (χ0) is 19.1. The Morgan fingerprint density at radius 3 is 2.54 bits per heavy atom. The molecule has 0 atom stereocenters. The van der Waals surface area contributed by atoms with Crippen molar-refractivity contribution in [2.75, 3.05) is 20.3 Å². The minimum atomic E-state index is -0.810. The molecule has 6 nitrogen and oxygen atoms in total. The standard InChI is InChI=1S/C18H15BrFNO5/c1-25-16-7-6-11(8-13(16)19)15(22)10-26-17(23)9-21-18(24)12-4-2-3-5-14(12)20/h2-8H,9-10H2,1H3,(H,21,24). The highest BCUT2D eigenvalue weighted by atomic mass is 79.9. The third-order valence-corrected chi connectivity index (χ3v) is 3.97. The number of benzene rings is 2. The molecule has 0 saturated heterocycles. The van der Waals surface area contributed by atoms with Crippen LogP contribution in [-0.2, 0) is 9.53 Å². The molecule has 136 valence electrons. The molecule has 26 heavy (non-hydrogen) atoms. The molecule has 0 aliphatic carbocycles. The van der Waals surface area contributed by atoms with Crippen LogP contribution in [-0.4, -0.2) is 37.9 Å². The minimum Gasteiger partial charge on any atom is -0.496 e. The number of amides is 1. The SMILES string of the molecule is COc1ccc(C(=O)COC(=O)CNC(=O)c2ccccc2F)cc1Br. The number of rotatable bonds is 7. The number of methoxy groups -OCH3 is 1. The Hall–Kier alpha value is -2.74. The van der Waals surface area contributed by atoms with Crippen molar-refractivity contribution >= 4 is 33.6 Å². The second-order valence-corrected chi connectivity index (χ2v) is 5.95. The molecule has 2 aromatic carbocycles. The van der Waals surface area contributed by atoms with E-state index < -0.39 is 36.6 Å². The van der Waals surface area contributed by atoms with Crippen molar-refractivity contribution in [3.05, 3.63) is 63.9 Å². The number of ether oxygens (including phenoxy) is 2. The Morgan fingerprint density at radius 1 is 1.15 bits per heavy atom. The number of ketones is 1. The van der Waals surface area contributed by atoms with E-state index in [0.29, 0.717) is 15.8 Å². The summed E-state index contributed by atoms with van der Waals surface area (Å²) < 4.78 is 23.9. The molecular weight excluding hydrogens is 409 g/mol. The molecule has 0 spiro atoms. The summed E-state index contributed by atoms with van der Waals surface area (Å²) in [5.41, 5.74) is 0.153. The molecule has 8 heteroatoms. The van der Waals surface area contributed by atoms with Gasteiger partial charge in [0.15, 0.2) is 12.4 Å². The highest BCUT2D eigenvalue weighted by Gasteiger charge is 2.15. The molecule has 0 unspecified atom stereocenters. The van der Waals surface area contributed by atoms with Crippen molar-refractivity contribution in [1.82, 2.24) is 5.32 Å². The number of esters is 1. The zero-order valence-electron chi connectivity index (χ0n) is 13.8. The monoisotopic (exact) mass is 423 g/mol. The highest BCUT2D eigenvalue weighted by molar-refractivity contribution is 9.10. The van der Waals surface area contributed by atoms with Crippen LogP contribution in [0.3, 0.4) is 0 Å². The molecule has 0 aliphatic heterocycles. The Morgan fingerprint density at radius 2 is 1.88 bits per heavy atom. The smallest absolute Gasteiger partial charge is 0.325 e. The summed E-state index contributed by atoms with van der Waals surface area (Å²) in [4.78, 5) is 35.5. The maximum Gasteiger partial charge on any atom is 0.325 e. The zero-order valence-corrected chi connectivity index (χ0v) is 15.3. The van der Waals surface area contributed by atoms with E-state index in [2.05, 4.69) is 21.2 Å². The summed E-state index contributed by atoms with van der Waals surface area (Å²) in [6, 6.07) is 10.1. The lowest BCUT2D eigenvalue weighted by Crippen LogP contribution is -2.32. The summed E-state index contributed by atoms with van der Waals surface area (Å²) in [6.07, 6.45) is 0. The van der Waals surface area contributed by atoms with Gasteiger partial charge in [-0.05, 0) is 46.3 Å². The van der Waals surface area contributed by atoms with Crippen LogP contribution in [0.25, 0.3) is 0 Å². The van der Waals surface area contributed by atoms with Crippen LogP contribution in [0, 0.1) is 5.82 Å². The van der Waals surface area contributed by atoms with Crippen molar-refractivity contribution < 1.29 is 28.2 Å². The second-order valence-electron chi connectivity index (χ2n) is 5.10. The number of carbonyl (C=O) groups is 3. The maximum absolute atomic E-state index is 13.5. The molecule has 0 saturated carbocycles. The summed E-state index contributed by atoms with van der Waals surface area (Å²) in [7, 11) is 1.50. The van der Waals surface area contributed by atoms with E-state index in [9.17, 15) is 18.8 Å². The van der Waals surface area contributed by atoms with Gasteiger partial charge in [-0.2, -0.15) is 0 Å². The lowest BCUT2D eigenvalue weighted by molar-refractivity contribution is -0.141. The second kappa shape index (κ2) is 9.10. The number of nitrogens with one attached hydrogen (secondary N) is 1. The highest BCUT2D eigenvalue weighted by Crippen LogP contribution is 2.25. The number of hydrogen-bond donors (Lipinski definition) is 1. The molecule has 0 bridgehead atoms. The molecule has 0 heterocycles. The first-order chi connectivity index (χ1) is 12.4. The van der Waals surface area contributed by atoms with Crippen LogP contribution < -0.4 is 10.1 Å². The first-order valence-corrected chi connectivity index (χ1v) is 8.26. The third kappa shape index (κ3) is 5.13. The van der Waals surface area contributed by atoms with E-state index in [4.69, 9.17) is 9.47 Å². The minimum absolute atomic E-state index is 0.181. The average molecular weight is 424 g/mol. The topological polar surface area (TPSA) is 81.7 Å². The summed E-state index contributed by atoms with van der Waals surface area (Å²) >= 11 is 3.26. The van der Waals surface area contributed by atoms with Crippen LogP contribution in [0.4, 0.5) is 4.39 Å². The van der Waals surface area contributed by atoms with Crippen LogP contribution in [0.15, 0.2) is 46.9 Å². The number of halogens is 2. The molecule has 2 rings (SSSR count). The molecule has 1 amide bonds. The Kier molecular flexibility index (Phi) is 6.85. The van der Waals surface area contributed by atoms with Gasteiger partial charge in [0.2, 0.25) is 0 Å². The van der Waals surface area contributed by atoms with Gasteiger partial charge in [-0.3, -0.25) is 14.4 Å². The fraction of sp³-hybridized carbons (Fsp3) is 0.167. The number of hydrogen-bond acceptors (Lipinski definition) is 5. The van der Waals surface area contributed by atoms with E-state index in [0.717, 1.165) is 6.07 Å². The summed E-state index contributed by atoms with van der Waals surface area (Å²) in [6.45, 7) is -0.958. The number of carbonyl (C=O) groups excluding carboxylic acids is 3. The van der Waals surface area contributed by atoms with E-state index in [1.807, 2.05) is 0 Å². The molecule has 0 fully saturated rings. The average Bonchev–Trinajstić information content (AvgIpc) is 2.64. The van der Waals surface area contributed by atoms with Gasteiger partial charge in [-0.15, -0.1) is 0 Å². The maximum atomic E-state index is 13.5. The van der Waals surface area contributed by atoms with Gasteiger partial charge in [0.1, 0.15) is 18.1 Å². The third-order valence-electron chi connectivity index (χ3n) is 3.35. The van der Waals surface area contributed by atoms with Crippen LogP contribution in [0.1, 0.15) is 20.7 Å². The van der Waals surface area contributed by atoms with Gasteiger partial charge in [0.05, 0.1) is 17.1 Å². The van der Waals surface area contributed by atoms with E-state index in [1.165, 1.54) is 25.3 Å². The van der Waals surface area contributed by atoms with Gasteiger partial charge >= 0.3 is 5.97 Å². The van der Waals surface area contributed by atoms with Gasteiger partial charge in [-0.1, -0.05) is 12.1 Å². The largest absolute Gasteiger partial charge is 0.496 e. The Balaban J connectivity index is 1.83. The van der Waals surface area contributed by atoms with E-state index in [1.54, 1.807) is 18.2 Å². The molecule has 1 N–H and O–H groups in total. The van der Waals surface area contributed by atoms with Crippen LogP contribution >= 0.6 is 15.9 Å². The molecule has 0 radical (unpaired) electrons. The first-order valence-electron chi connectivity index (χ1n) is 7.47. The quantitative estimate of drug-likeness (QED) is 0.546. The molecule has 0 aromatic heterocycles. The Labute approximate surface area is 157 Å². The van der Waals surface area contributed by atoms with Crippen LogP contribution in [0.5, 0.6) is 5.75 Å². The Bertz CT molecular complexity index is 840. The number of Topliss-reactive ketones (excluding diaryl/α,β-unsaturated/α-hetero) is 1. The summed E-state index contributed by atoms with van der Waals surface area (Å²) in [5, 5.41) is 2.24. The van der Waals surface area contributed by atoms with Gasteiger partial charge in [0.25, 0.3) is 5.91 Å². The van der Waals surface area contributed by atoms with Gasteiger partial charge in [0, 0.05) is 5.56 Å². The molecular formula is C18H15BrFNO5. The predicted octanol–water partition coefficient (Wildman–Crippen LogP) is 2.75. The van der Waals surface area contributed by atoms with Gasteiger partial charge < -0.3 is 14.8 Å². The van der Waals surface area contributed by atoms with Crippen molar-refractivity contribution in [3.8, 4) is 5.75 Å². The predicted molar refractivity (Wildman–Crippen MR) is 94.7 cm³/mol. The van der Waals surface area contributed by atoms with Crippen molar-refractivity contribution in [1.29, 1.82) is 0 Å². The fourth-order valence-corrected chi connectivity index (χ4v) is 2.55.